The molecular formula is C22H31NO6. The Hall–Kier alpha value is -1.25. The fourth-order valence-corrected chi connectivity index (χ4v) is 7.38. The smallest absolute Gasteiger partial charge is 0.303 e. The molecule has 1 spiro atoms. The van der Waals surface area contributed by atoms with Gasteiger partial charge in [-0.1, -0.05) is 13.0 Å². The average molecular weight is 405 g/mol. The molecule has 7 unspecified atom stereocenters. The van der Waals surface area contributed by atoms with Crippen LogP contribution in [0.5, 0.6) is 0 Å². The zero-order valence-corrected chi connectivity index (χ0v) is 17.6. The predicted molar refractivity (Wildman–Crippen MR) is 104 cm³/mol. The summed E-state index contributed by atoms with van der Waals surface area (Å²) in [4.78, 5) is 14.1. The highest BCUT2D eigenvalue weighted by Gasteiger charge is 2.75. The average Bonchev–Trinajstić information content (AvgIpc) is 2.94. The zero-order chi connectivity index (χ0) is 20.6. The van der Waals surface area contributed by atoms with Crippen LogP contribution in [-0.2, 0) is 23.7 Å². The van der Waals surface area contributed by atoms with Crippen LogP contribution in [0.1, 0.15) is 39.5 Å². The van der Waals surface area contributed by atoms with Crippen LogP contribution in [0.3, 0.4) is 0 Å². The van der Waals surface area contributed by atoms with E-state index >= 15 is 0 Å². The van der Waals surface area contributed by atoms with E-state index in [1.165, 1.54) is 6.92 Å². The van der Waals surface area contributed by atoms with Crippen LogP contribution >= 0.6 is 0 Å². The SMILES string of the molecule is COC1(OC)CCC23OCN4CCC2(C2=C(C=CC(OC(C)=O)C2O)CC43)C1C. The summed E-state index contributed by atoms with van der Waals surface area (Å²) in [6.07, 6.45) is 5.56. The lowest BCUT2D eigenvalue weighted by molar-refractivity contribution is -0.315. The highest BCUT2D eigenvalue weighted by atomic mass is 16.7. The Balaban J connectivity index is 1.70. The number of methoxy groups -OCH3 is 2. The summed E-state index contributed by atoms with van der Waals surface area (Å²) in [7, 11) is 3.40. The maximum Gasteiger partial charge on any atom is 0.303 e. The van der Waals surface area contributed by atoms with Gasteiger partial charge in [-0.15, -0.1) is 0 Å². The largest absolute Gasteiger partial charge is 0.455 e. The summed E-state index contributed by atoms with van der Waals surface area (Å²) in [6, 6.07) is 0.284. The van der Waals surface area contributed by atoms with Crippen molar-refractivity contribution in [3.63, 3.8) is 0 Å². The Labute approximate surface area is 171 Å². The van der Waals surface area contributed by atoms with Crippen molar-refractivity contribution in [2.75, 3.05) is 27.5 Å². The van der Waals surface area contributed by atoms with Gasteiger partial charge < -0.3 is 24.1 Å². The fraction of sp³-hybridized carbons (Fsp3) is 0.773. The first kappa shape index (κ1) is 19.7. The molecule has 1 saturated carbocycles. The second-order valence-electron chi connectivity index (χ2n) is 9.18. The number of hydrogen-bond donors (Lipinski definition) is 1. The number of carbonyl (C=O) groups is 1. The number of aliphatic hydroxyl groups is 1. The van der Waals surface area contributed by atoms with Gasteiger partial charge in [-0.05, 0) is 36.5 Å². The molecule has 160 valence electrons. The van der Waals surface area contributed by atoms with E-state index in [0.29, 0.717) is 6.73 Å². The van der Waals surface area contributed by atoms with Gasteiger partial charge in [0.25, 0.3) is 0 Å². The molecule has 0 aromatic rings. The van der Waals surface area contributed by atoms with Crippen molar-refractivity contribution in [3.8, 4) is 0 Å². The van der Waals surface area contributed by atoms with Crippen molar-refractivity contribution in [3.05, 3.63) is 23.3 Å². The van der Waals surface area contributed by atoms with Gasteiger partial charge in [0.1, 0.15) is 18.9 Å². The molecule has 0 amide bonds. The Bertz CT molecular complexity index is 788. The van der Waals surface area contributed by atoms with Crippen LogP contribution in [0, 0.1) is 11.3 Å². The van der Waals surface area contributed by atoms with Crippen molar-refractivity contribution < 1.29 is 28.8 Å². The van der Waals surface area contributed by atoms with Crippen molar-refractivity contribution in [2.45, 2.75) is 69.2 Å². The minimum atomic E-state index is -0.889. The van der Waals surface area contributed by atoms with Crippen LogP contribution in [0.25, 0.3) is 0 Å². The van der Waals surface area contributed by atoms with Gasteiger partial charge >= 0.3 is 5.97 Å². The molecule has 3 aliphatic carbocycles. The molecule has 2 aliphatic heterocycles. The second kappa shape index (κ2) is 6.37. The Kier molecular flexibility index (Phi) is 4.33. The molecule has 29 heavy (non-hydrogen) atoms. The van der Waals surface area contributed by atoms with Gasteiger partial charge in [-0.25, -0.2) is 0 Å². The molecule has 1 N–H and O–H groups in total. The van der Waals surface area contributed by atoms with Crippen LogP contribution in [-0.4, -0.2) is 73.1 Å². The number of aliphatic hydroxyl groups excluding tert-OH is 1. The molecule has 0 aromatic carbocycles. The van der Waals surface area contributed by atoms with Gasteiger partial charge in [-0.2, -0.15) is 0 Å². The van der Waals surface area contributed by atoms with E-state index in [0.717, 1.165) is 43.4 Å². The molecular weight excluding hydrogens is 374 g/mol. The number of carbonyl (C=O) groups excluding carboxylic acids is 1. The van der Waals surface area contributed by atoms with Crippen molar-refractivity contribution in [1.82, 2.24) is 4.90 Å². The molecule has 2 saturated heterocycles. The van der Waals surface area contributed by atoms with Gasteiger partial charge in [0.05, 0.1) is 5.60 Å². The highest BCUT2D eigenvalue weighted by Crippen LogP contribution is 2.69. The number of esters is 1. The fourth-order valence-electron chi connectivity index (χ4n) is 7.38. The number of nitrogens with zero attached hydrogens (tertiary/aromatic N) is 1. The van der Waals surface area contributed by atoms with Crippen LogP contribution in [0.15, 0.2) is 23.3 Å². The van der Waals surface area contributed by atoms with E-state index in [9.17, 15) is 9.90 Å². The minimum Gasteiger partial charge on any atom is -0.455 e. The van der Waals surface area contributed by atoms with E-state index in [-0.39, 0.29) is 17.6 Å². The summed E-state index contributed by atoms with van der Waals surface area (Å²) < 4.78 is 24.1. The first-order chi connectivity index (χ1) is 13.8. The van der Waals surface area contributed by atoms with E-state index < -0.39 is 29.4 Å². The molecule has 0 radical (unpaired) electrons. The molecule has 7 nitrogen and oxygen atoms in total. The predicted octanol–water partition coefficient (Wildman–Crippen LogP) is 1.76. The van der Waals surface area contributed by atoms with Gasteiger partial charge in [0, 0.05) is 51.5 Å². The lowest BCUT2D eigenvalue weighted by Gasteiger charge is -2.67. The summed E-state index contributed by atoms with van der Waals surface area (Å²) in [6.45, 7) is 5.08. The van der Waals surface area contributed by atoms with E-state index in [4.69, 9.17) is 18.9 Å². The van der Waals surface area contributed by atoms with Gasteiger partial charge in [0.15, 0.2) is 5.79 Å². The summed E-state index contributed by atoms with van der Waals surface area (Å²) in [5, 5.41) is 11.5. The summed E-state index contributed by atoms with van der Waals surface area (Å²) >= 11 is 0. The molecule has 0 aromatic heterocycles. The van der Waals surface area contributed by atoms with E-state index in [1.54, 1.807) is 14.2 Å². The van der Waals surface area contributed by atoms with Gasteiger partial charge in [0.2, 0.25) is 0 Å². The van der Waals surface area contributed by atoms with Gasteiger partial charge in [-0.3, -0.25) is 9.69 Å². The summed E-state index contributed by atoms with van der Waals surface area (Å²) in [5.74, 6) is -1.17. The monoisotopic (exact) mass is 405 g/mol. The maximum atomic E-state index is 11.6. The lowest BCUT2D eigenvalue weighted by Crippen LogP contribution is -2.74. The molecule has 7 atom stereocenters. The molecule has 4 bridgehead atoms. The second-order valence-corrected chi connectivity index (χ2v) is 9.18. The van der Waals surface area contributed by atoms with E-state index in [1.807, 2.05) is 12.2 Å². The van der Waals surface area contributed by atoms with Crippen molar-refractivity contribution in [1.29, 1.82) is 0 Å². The molecule has 7 heteroatoms. The third kappa shape index (κ3) is 2.23. The van der Waals surface area contributed by atoms with Crippen LogP contribution in [0.4, 0.5) is 0 Å². The van der Waals surface area contributed by atoms with Crippen LogP contribution in [0.2, 0.25) is 0 Å². The minimum absolute atomic E-state index is 0.0362. The topological polar surface area (TPSA) is 77.5 Å². The normalized spacial score (nSPS) is 46.9. The third-order valence-electron chi connectivity index (χ3n) is 8.59. The Morgan fingerprint density at radius 1 is 1.28 bits per heavy atom. The highest BCUT2D eigenvalue weighted by molar-refractivity contribution is 5.66. The first-order valence-electron chi connectivity index (χ1n) is 10.6. The van der Waals surface area contributed by atoms with Crippen LogP contribution < -0.4 is 0 Å². The third-order valence-corrected chi connectivity index (χ3v) is 8.59. The quantitative estimate of drug-likeness (QED) is 0.566. The Morgan fingerprint density at radius 2 is 2.03 bits per heavy atom. The first-order valence-corrected chi connectivity index (χ1v) is 10.6. The standard InChI is InChI=1S/C22H31NO6/c1-13-20-9-10-23-12-28-21(20,7-8-22(13,26-3)27-4)17(23)11-15-5-6-16(29-14(2)24)19(25)18(15)20/h5-6,13,16-17,19,25H,7-12H2,1-4H3. The Morgan fingerprint density at radius 3 is 2.72 bits per heavy atom. The number of piperidine rings is 1. The molecule has 5 rings (SSSR count). The maximum absolute atomic E-state index is 11.6. The number of rotatable bonds is 3. The lowest BCUT2D eigenvalue weighted by atomic mass is 9.44. The molecule has 5 aliphatic rings. The molecule has 3 fully saturated rings. The molecule has 2 heterocycles. The summed E-state index contributed by atoms with van der Waals surface area (Å²) in [5.41, 5.74) is 1.29. The zero-order valence-electron chi connectivity index (χ0n) is 17.6. The van der Waals surface area contributed by atoms with Crippen molar-refractivity contribution in [2.24, 2.45) is 11.3 Å². The number of ether oxygens (including phenoxy) is 4. The number of allylic oxidation sites excluding steroid dienone is 1. The van der Waals surface area contributed by atoms with E-state index in [2.05, 4.69) is 11.8 Å². The number of hydrogen-bond acceptors (Lipinski definition) is 7. The van der Waals surface area contributed by atoms with Crippen molar-refractivity contribution >= 4 is 5.97 Å².